The summed E-state index contributed by atoms with van der Waals surface area (Å²) < 4.78 is 41.6. The van der Waals surface area contributed by atoms with Gasteiger partial charge in [0.25, 0.3) is 0 Å². The van der Waals surface area contributed by atoms with Crippen molar-refractivity contribution in [3.63, 3.8) is 0 Å². The first kappa shape index (κ1) is 27.3. The van der Waals surface area contributed by atoms with Gasteiger partial charge in [0.2, 0.25) is 11.8 Å². The molecule has 1 N–H and O–H groups in total. The van der Waals surface area contributed by atoms with Crippen LogP contribution in [0.15, 0.2) is 54.6 Å². The molecular formula is C24H33FN4O4S. The Labute approximate surface area is 201 Å². The van der Waals surface area contributed by atoms with Crippen molar-refractivity contribution < 1.29 is 22.4 Å². The number of rotatable bonds is 12. The van der Waals surface area contributed by atoms with Crippen LogP contribution in [0.3, 0.4) is 0 Å². The topological polar surface area (TPSA) is 90.0 Å². The number of amides is 2. The molecule has 0 aliphatic heterocycles. The molecule has 8 nitrogen and oxygen atoms in total. The Bertz CT molecular complexity index is 1050. The fourth-order valence-electron chi connectivity index (χ4n) is 3.38. The monoisotopic (exact) mass is 492 g/mol. The third-order valence-corrected chi connectivity index (χ3v) is 7.08. The second-order valence-electron chi connectivity index (χ2n) is 8.00. The molecule has 0 saturated carbocycles. The van der Waals surface area contributed by atoms with Gasteiger partial charge >= 0.3 is 10.2 Å². The van der Waals surface area contributed by atoms with Gasteiger partial charge in [-0.1, -0.05) is 44.2 Å². The van der Waals surface area contributed by atoms with E-state index in [0.29, 0.717) is 24.2 Å². The van der Waals surface area contributed by atoms with Crippen LogP contribution in [0.2, 0.25) is 0 Å². The fourth-order valence-corrected chi connectivity index (χ4v) is 4.44. The first-order chi connectivity index (χ1) is 16.1. The van der Waals surface area contributed by atoms with E-state index in [0.717, 1.165) is 15.0 Å². The molecule has 1 atom stereocenters. The summed E-state index contributed by atoms with van der Waals surface area (Å²) in [4.78, 5) is 27.8. The SMILES string of the molecule is CCCNC(=O)C(CC)N(Cc1ccc(F)cc1)C(=O)CN(c1ccccc1)S(=O)(=O)N(C)C. The van der Waals surface area contributed by atoms with Crippen molar-refractivity contribution in [1.29, 1.82) is 0 Å². The molecule has 0 aliphatic carbocycles. The number of halogens is 1. The zero-order valence-electron chi connectivity index (χ0n) is 20.1. The third-order valence-electron chi connectivity index (χ3n) is 5.26. The molecule has 10 heteroatoms. The number of para-hydroxylation sites is 1. The number of benzene rings is 2. The molecule has 34 heavy (non-hydrogen) atoms. The largest absolute Gasteiger partial charge is 0.354 e. The van der Waals surface area contributed by atoms with Crippen molar-refractivity contribution in [2.45, 2.75) is 39.3 Å². The zero-order valence-corrected chi connectivity index (χ0v) is 20.9. The standard InChI is InChI=1S/C24H33FN4O4S/c1-5-16-26-24(31)22(6-2)28(17-19-12-14-20(25)15-13-19)23(30)18-29(34(32,33)27(3)4)21-10-8-7-9-11-21/h7-15,22H,5-6,16-18H2,1-4H3,(H,26,31). The van der Waals surface area contributed by atoms with E-state index in [4.69, 9.17) is 0 Å². The van der Waals surface area contributed by atoms with Crippen LogP contribution in [-0.4, -0.2) is 62.7 Å². The maximum absolute atomic E-state index is 13.6. The number of hydrogen-bond acceptors (Lipinski definition) is 4. The summed E-state index contributed by atoms with van der Waals surface area (Å²) in [6.45, 7) is 3.70. The first-order valence-electron chi connectivity index (χ1n) is 11.2. The van der Waals surface area contributed by atoms with Crippen molar-refractivity contribution in [2.75, 3.05) is 31.5 Å². The van der Waals surface area contributed by atoms with Crippen LogP contribution in [0.1, 0.15) is 32.3 Å². The van der Waals surface area contributed by atoms with Gasteiger partial charge in [0.1, 0.15) is 18.4 Å². The Kier molecular flexibility index (Phi) is 10.0. The van der Waals surface area contributed by atoms with E-state index in [1.54, 1.807) is 37.3 Å². The highest BCUT2D eigenvalue weighted by molar-refractivity contribution is 7.90. The van der Waals surface area contributed by atoms with E-state index < -0.39 is 34.5 Å². The van der Waals surface area contributed by atoms with Crippen molar-refractivity contribution >= 4 is 27.7 Å². The van der Waals surface area contributed by atoms with Crippen molar-refractivity contribution in [3.8, 4) is 0 Å². The molecule has 0 spiro atoms. The third kappa shape index (κ3) is 7.01. The lowest BCUT2D eigenvalue weighted by molar-refractivity contribution is -0.140. The van der Waals surface area contributed by atoms with Gasteiger partial charge in [0.15, 0.2) is 0 Å². The Morgan fingerprint density at radius 1 is 1.00 bits per heavy atom. The zero-order chi connectivity index (χ0) is 25.3. The molecule has 2 amide bonds. The predicted octanol–water partition coefficient (Wildman–Crippen LogP) is 2.77. The van der Waals surface area contributed by atoms with Crippen molar-refractivity contribution in [1.82, 2.24) is 14.5 Å². The van der Waals surface area contributed by atoms with E-state index in [1.165, 1.54) is 43.3 Å². The summed E-state index contributed by atoms with van der Waals surface area (Å²) in [5.74, 6) is -1.28. The quantitative estimate of drug-likeness (QED) is 0.493. The van der Waals surface area contributed by atoms with Crippen molar-refractivity contribution in [2.24, 2.45) is 0 Å². The molecule has 0 aliphatic rings. The van der Waals surface area contributed by atoms with Crippen LogP contribution >= 0.6 is 0 Å². The van der Waals surface area contributed by atoms with E-state index in [2.05, 4.69) is 5.32 Å². The fraction of sp³-hybridized carbons (Fsp3) is 0.417. The highest BCUT2D eigenvalue weighted by Gasteiger charge is 2.33. The molecular weight excluding hydrogens is 459 g/mol. The molecule has 0 heterocycles. The number of nitrogens with zero attached hydrogens (tertiary/aromatic N) is 3. The Morgan fingerprint density at radius 2 is 1.62 bits per heavy atom. The van der Waals surface area contributed by atoms with Crippen LogP contribution in [0.5, 0.6) is 0 Å². The second-order valence-corrected chi connectivity index (χ2v) is 10.1. The van der Waals surface area contributed by atoms with E-state index in [1.807, 2.05) is 6.92 Å². The van der Waals surface area contributed by atoms with Gasteiger partial charge in [-0.05, 0) is 42.7 Å². The Balaban J connectivity index is 2.44. The normalized spacial score (nSPS) is 12.3. The van der Waals surface area contributed by atoms with Gasteiger partial charge in [-0.3, -0.25) is 9.59 Å². The molecule has 2 rings (SSSR count). The van der Waals surface area contributed by atoms with Gasteiger partial charge < -0.3 is 10.2 Å². The van der Waals surface area contributed by atoms with E-state index >= 15 is 0 Å². The lowest BCUT2D eigenvalue weighted by Gasteiger charge is -2.33. The molecule has 0 bridgehead atoms. The summed E-state index contributed by atoms with van der Waals surface area (Å²) in [5, 5.41) is 2.81. The van der Waals surface area contributed by atoms with Crippen LogP contribution in [0.25, 0.3) is 0 Å². The molecule has 0 radical (unpaired) electrons. The molecule has 0 saturated heterocycles. The number of nitrogens with one attached hydrogen (secondary N) is 1. The molecule has 2 aromatic rings. The van der Waals surface area contributed by atoms with Crippen molar-refractivity contribution in [3.05, 3.63) is 66.0 Å². The van der Waals surface area contributed by atoms with E-state index in [-0.39, 0.29) is 12.5 Å². The smallest absolute Gasteiger partial charge is 0.304 e. The minimum atomic E-state index is -4.00. The summed E-state index contributed by atoms with van der Waals surface area (Å²) in [5.41, 5.74) is 0.952. The Morgan fingerprint density at radius 3 is 2.15 bits per heavy atom. The van der Waals surface area contributed by atoms with Crippen LogP contribution in [-0.2, 0) is 26.3 Å². The minimum Gasteiger partial charge on any atom is -0.354 e. The second kappa shape index (κ2) is 12.5. The summed E-state index contributed by atoms with van der Waals surface area (Å²) in [6.07, 6.45) is 1.06. The first-order valence-corrected chi connectivity index (χ1v) is 12.6. The summed E-state index contributed by atoms with van der Waals surface area (Å²) in [7, 11) is -1.22. The molecule has 0 aromatic heterocycles. The number of anilines is 1. The van der Waals surface area contributed by atoms with E-state index in [9.17, 15) is 22.4 Å². The lowest BCUT2D eigenvalue weighted by atomic mass is 10.1. The molecule has 1 unspecified atom stereocenters. The number of carbonyl (C=O) groups is 2. The van der Waals surface area contributed by atoms with Crippen LogP contribution in [0, 0.1) is 5.82 Å². The van der Waals surface area contributed by atoms with Gasteiger partial charge in [-0.2, -0.15) is 12.7 Å². The maximum atomic E-state index is 13.6. The lowest BCUT2D eigenvalue weighted by Crippen LogP contribution is -2.53. The summed E-state index contributed by atoms with van der Waals surface area (Å²) >= 11 is 0. The maximum Gasteiger partial charge on any atom is 0.304 e. The molecule has 2 aromatic carbocycles. The van der Waals surface area contributed by atoms with Crippen LogP contribution < -0.4 is 9.62 Å². The van der Waals surface area contributed by atoms with Gasteiger partial charge in [-0.25, -0.2) is 8.70 Å². The minimum absolute atomic E-state index is 0.0296. The molecule has 186 valence electrons. The summed E-state index contributed by atoms with van der Waals surface area (Å²) in [6, 6.07) is 13.1. The average molecular weight is 493 g/mol. The highest BCUT2D eigenvalue weighted by Crippen LogP contribution is 2.21. The van der Waals surface area contributed by atoms with Gasteiger partial charge in [0, 0.05) is 27.2 Å². The van der Waals surface area contributed by atoms with Gasteiger partial charge in [0.05, 0.1) is 5.69 Å². The number of hydrogen-bond donors (Lipinski definition) is 1. The Hall–Kier alpha value is -2.98. The average Bonchev–Trinajstić information content (AvgIpc) is 2.82. The molecule has 0 fully saturated rings. The van der Waals surface area contributed by atoms with Gasteiger partial charge in [-0.15, -0.1) is 0 Å². The van der Waals surface area contributed by atoms with Crippen LogP contribution in [0.4, 0.5) is 10.1 Å². The highest BCUT2D eigenvalue weighted by atomic mass is 32.2. The number of carbonyl (C=O) groups excluding carboxylic acids is 2. The predicted molar refractivity (Wildman–Crippen MR) is 131 cm³/mol.